The Morgan fingerprint density at radius 3 is 2.48 bits per heavy atom. The summed E-state index contributed by atoms with van der Waals surface area (Å²) in [5, 5.41) is 0. The lowest BCUT2D eigenvalue weighted by atomic mass is 9.78. The molecule has 5 rings (SSSR count). The van der Waals surface area contributed by atoms with E-state index in [0.29, 0.717) is 11.8 Å². The normalized spacial score (nSPS) is 20.9. The summed E-state index contributed by atoms with van der Waals surface area (Å²) in [6.07, 6.45) is 8.84. The number of hydrogen-bond acceptors (Lipinski definition) is 0. The van der Waals surface area contributed by atoms with Crippen molar-refractivity contribution in [1.82, 2.24) is 0 Å². The van der Waals surface area contributed by atoms with Gasteiger partial charge in [-0.3, -0.25) is 0 Å². The quantitative estimate of drug-likeness (QED) is 0.367. The lowest BCUT2D eigenvalue weighted by molar-refractivity contribution is -0.729. The minimum atomic E-state index is 0.143. The minimum Gasteiger partial charge on any atom is -0.184 e. The maximum absolute atomic E-state index is 4.76. The molecule has 0 saturated heterocycles. The molecule has 1 aromatic carbocycles. The molecule has 2 unspecified atom stereocenters. The summed E-state index contributed by atoms with van der Waals surface area (Å²) in [7, 11) is 0. The molecule has 0 bridgehead atoms. The third-order valence-electron chi connectivity index (χ3n) is 7.43. The van der Waals surface area contributed by atoms with Gasteiger partial charge in [0.25, 0.3) is 0 Å². The number of allylic oxidation sites excluding steroid dienone is 4. The second-order valence-electron chi connectivity index (χ2n) is 9.85. The Bertz CT molecular complexity index is 1310. The van der Waals surface area contributed by atoms with Gasteiger partial charge in [0.2, 0.25) is 23.1 Å². The third kappa shape index (κ3) is 3.49. The molecular weight excluding hydrogens is 400 g/mol. The number of pyridine rings is 2. The highest BCUT2D eigenvalue weighted by molar-refractivity contribution is 5.75. The van der Waals surface area contributed by atoms with Crippen LogP contribution in [0.2, 0.25) is 0 Å². The zero-order valence-electron chi connectivity index (χ0n) is 20.3. The van der Waals surface area contributed by atoms with Crippen LogP contribution in [0.5, 0.6) is 0 Å². The summed E-state index contributed by atoms with van der Waals surface area (Å²) < 4.78 is 4.83. The Labute approximate surface area is 198 Å². The molecule has 2 heteroatoms. The van der Waals surface area contributed by atoms with Crippen molar-refractivity contribution in [3.8, 4) is 11.3 Å². The topological polar surface area (TPSA) is 7.76 Å². The number of fused-ring (bicyclic) bond motifs is 7. The van der Waals surface area contributed by atoms with Crippen molar-refractivity contribution >= 4 is 11.3 Å². The SMILES string of the molecule is C=C1CCC2c3ccccc3-c3ccc(C)c[n+]3C2C(=C)[n+]2cc(C(C)C)ccc2/C1=C/C. The van der Waals surface area contributed by atoms with Crippen molar-refractivity contribution in [2.24, 2.45) is 0 Å². The van der Waals surface area contributed by atoms with E-state index in [9.17, 15) is 0 Å². The maximum Gasteiger partial charge on any atom is 0.249 e. The highest BCUT2D eigenvalue weighted by atomic mass is 15.1. The van der Waals surface area contributed by atoms with Gasteiger partial charge >= 0.3 is 0 Å². The zero-order valence-corrected chi connectivity index (χ0v) is 20.3. The molecule has 33 heavy (non-hydrogen) atoms. The van der Waals surface area contributed by atoms with E-state index in [-0.39, 0.29) is 6.04 Å². The van der Waals surface area contributed by atoms with Gasteiger partial charge in [0, 0.05) is 34.4 Å². The molecule has 2 aromatic heterocycles. The van der Waals surface area contributed by atoms with Crippen LogP contribution in [0.4, 0.5) is 0 Å². The summed E-state index contributed by atoms with van der Waals surface area (Å²) in [5.74, 6) is 0.787. The van der Waals surface area contributed by atoms with Crippen molar-refractivity contribution in [3.05, 3.63) is 108 Å². The second kappa shape index (κ2) is 8.26. The number of rotatable bonds is 1. The Balaban J connectivity index is 1.81. The first-order chi connectivity index (χ1) is 15.9. The van der Waals surface area contributed by atoms with E-state index in [1.54, 1.807) is 0 Å². The van der Waals surface area contributed by atoms with Crippen molar-refractivity contribution in [3.63, 3.8) is 0 Å². The van der Waals surface area contributed by atoms with Gasteiger partial charge in [0.05, 0.1) is 5.92 Å². The molecule has 0 N–H and O–H groups in total. The zero-order chi connectivity index (χ0) is 23.3. The van der Waals surface area contributed by atoms with E-state index in [0.717, 1.165) is 18.5 Å². The molecule has 0 amide bonds. The van der Waals surface area contributed by atoms with Crippen LogP contribution in [0.15, 0.2) is 85.7 Å². The molecule has 0 aliphatic carbocycles. The van der Waals surface area contributed by atoms with Crippen LogP contribution in [0.1, 0.15) is 73.9 Å². The van der Waals surface area contributed by atoms with Crippen LogP contribution in [0.25, 0.3) is 22.5 Å². The lowest BCUT2D eigenvalue weighted by Gasteiger charge is -2.29. The standard InChI is InChI=1S/C31H34N2/c1-7-25-22(5)13-15-28-26-10-8-9-11-27(26)30-16-12-21(4)18-33(30)31(28)23(6)32-19-24(20(2)3)14-17-29(25)32/h7-12,14,16-20,28,31H,5-6,13,15H2,1-4H3/q+2/b25-7+. The smallest absolute Gasteiger partial charge is 0.184 e. The summed E-state index contributed by atoms with van der Waals surface area (Å²) in [6, 6.07) is 18.1. The molecule has 0 fully saturated rings. The van der Waals surface area contributed by atoms with Crippen LogP contribution >= 0.6 is 0 Å². The molecule has 166 valence electrons. The second-order valence-corrected chi connectivity index (χ2v) is 9.85. The molecule has 2 nitrogen and oxygen atoms in total. The first-order valence-corrected chi connectivity index (χ1v) is 12.1. The van der Waals surface area contributed by atoms with Crippen molar-refractivity contribution < 1.29 is 9.13 Å². The number of aromatic nitrogens is 2. The predicted octanol–water partition coefficient (Wildman–Crippen LogP) is 6.92. The highest BCUT2D eigenvalue weighted by Crippen LogP contribution is 2.45. The van der Waals surface area contributed by atoms with Crippen LogP contribution in [0, 0.1) is 6.92 Å². The number of hydrogen-bond donors (Lipinski definition) is 0. The van der Waals surface area contributed by atoms with Gasteiger partial charge in [-0.15, -0.1) is 0 Å². The van der Waals surface area contributed by atoms with E-state index in [4.69, 9.17) is 6.58 Å². The van der Waals surface area contributed by atoms with Gasteiger partial charge in [-0.25, -0.2) is 0 Å². The van der Waals surface area contributed by atoms with Gasteiger partial charge < -0.3 is 0 Å². The van der Waals surface area contributed by atoms with Crippen LogP contribution in [-0.4, -0.2) is 0 Å². The Hall–Kier alpha value is -3.26. The van der Waals surface area contributed by atoms with Crippen LogP contribution < -0.4 is 9.13 Å². The largest absolute Gasteiger partial charge is 0.249 e. The Morgan fingerprint density at radius 1 is 0.970 bits per heavy atom. The fourth-order valence-electron chi connectivity index (χ4n) is 5.67. The predicted molar refractivity (Wildman–Crippen MR) is 137 cm³/mol. The molecule has 0 saturated carbocycles. The monoisotopic (exact) mass is 434 g/mol. The molecule has 0 spiro atoms. The summed E-state index contributed by atoms with van der Waals surface area (Å²) in [5.41, 5.74) is 11.4. The van der Waals surface area contributed by atoms with E-state index in [2.05, 4.69) is 110 Å². The van der Waals surface area contributed by atoms with Gasteiger partial charge in [-0.05, 0) is 68.5 Å². The van der Waals surface area contributed by atoms with Gasteiger partial charge in [-0.2, -0.15) is 9.13 Å². The molecule has 0 radical (unpaired) electrons. The average molecular weight is 435 g/mol. The molecule has 2 atom stereocenters. The van der Waals surface area contributed by atoms with E-state index in [1.807, 2.05) is 0 Å². The lowest BCUT2D eigenvalue weighted by Crippen LogP contribution is -2.53. The summed E-state index contributed by atoms with van der Waals surface area (Å²) >= 11 is 0. The molecule has 4 heterocycles. The van der Waals surface area contributed by atoms with Gasteiger partial charge in [0.1, 0.15) is 0 Å². The molecule has 2 aliphatic heterocycles. The molecule has 2 aliphatic rings. The van der Waals surface area contributed by atoms with Gasteiger partial charge in [-0.1, -0.05) is 44.7 Å². The van der Waals surface area contributed by atoms with E-state index >= 15 is 0 Å². The maximum atomic E-state index is 4.76. The summed E-state index contributed by atoms with van der Waals surface area (Å²) in [4.78, 5) is 0. The number of nitrogens with zero attached hydrogens (tertiary/aromatic N) is 2. The molecule has 3 aromatic rings. The van der Waals surface area contributed by atoms with Crippen LogP contribution in [-0.2, 0) is 0 Å². The highest BCUT2D eigenvalue weighted by Gasteiger charge is 2.46. The van der Waals surface area contributed by atoms with Crippen LogP contribution in [0.3, 0.4) is 0 Å². The van der Waals surface area contributed by atoms with E-state index < -0.39 is 0 Å². The van der Waals surface area contributed by atoms with E-state index in [1.165, 1.54) is 44.8 Å². The number of aryl methyl sites for hydroxylation is 1. The first-order valence-electron chi connectivity index (χ1n) is 12.1. The molecular formula is C31H34N2+2. The fraction of sp³-hybridized carbons (Fsp3) is 0.290. The number of benzene rings is 1. The summed E-state index contributed by atoms with van der Waals surface area (Å²) in [6.45, 7) is 18.1. The third-order valence-corrected chi connectivity index (χ3v) is 7.43. The van der Waals surface area contributed by atoms with Gasteiger partial charge in [0.15, 0.2) is 12.4 Å². The van der Waals surface area contributed by atoms with Crippen molar-refractivity contribution in [1.29, 1.82) is 0 Å². The Kier molecular flexibility index (Phi) is 5.40. The fourth-order valence-corrected chi connectivity index (χ4v) is 5.67. The average Bonchev–Trinajstić information content (AvgIpc) is 2.85. The Morgan fingerprint density at radius 2 is 1.73 bits per heavy atom. The minimum absolute atomic E-state index is 0.143. The van der Waals surface area contributed by atoms with Crippen molar-refractivity contribution in [2.45, 2.75) is 58.4 Å². The van der Waals surface area contributed by atoms with Crippen molar-refractivity contribution in [2.75, 3.05) is 0 Å². The first kappa shape index (κ1) is 21.6.